The molecule has 0 atom stereocenters. The largest absolute Gasteiger partial charge is 0.465 e. The van der Waals surface area contributed by atoms with Crippen LogP contribution in [0, 0.1) is 13.8 Å². The maximum atomic E-state index is 12.2. The number of ether oxygens (including phenoxy) is 1. The zero-order chi connectivity index (χ0) is 15.6. The van der Waals surface area contributed by atoms with E-state index in [1.54, 1.807) is 0 Å². The van der Waals surface area contributed by atoms with Crippen LogP contribution in [0.15, 0.2) is 18.5 Å². The van der Waals surface area contributed by atoms with Crippen LogP contribution < -0.4 is 5.32 Å². The van der Waals surface area contributed by atoms with Gasteiger partial charge in [-0.1, -0.05) is 11.6 Å². The molecule has 0 saturated heterocycles. The van der Waals surface area contributed by atoms with Gasteiger partial charge in [0.25, 0.3) is 5.91 Å². The number of pyridine rings is 1. The molecule has 1 N–H and O–H groups in total. The molecule has 0 saturated carbocycles. The number of halogens is 1. The number of anilines is 1. The Kier molecular flexibility index (Phi) is 4.59. The Labute approximate surface area is 130 Å². The molecular formula is C14H13ClN2O3S. The van der Waals surface area contributed by atoms with Gasteiger partial charge in [0.05, 0.1) is 23.3 Å². The Balaban J connectivity index is 2.36. The maximum Gasteiger partial charge on any atom is 0.341 e. The molecule has 2 rings (SSSR count). The lowest BCUT2D eigenvalue weighted by Gasteiger charge is -2.07. The van der Waals surface area contributed by atoms with Crippen LogP contribution in [0.3, 0.4) is 0 Å². The minimum absolute atomic E-state index is 0.250. The minimum atomic E-state index is -0.479. The number of nitrogens with one attached hydrogen (secondary N) is 1. The maximum absolute atomic E-state index is 12.2. The predicted octanol–water partition coefficient (Wildman–Crippen LogP) is 3.45. The molecular weight excluding hydrogens is 312 g/mol. The third-order valence-electron chi connectivity index (χ3n) is 3.02. The van der Waals surface area contributed by atoms with Crippen molar-refractivity contribution in [1.82, 2.24) is 4.98 Å². The summed E-state index contributed by atoms with van der Waals surface area (Å²) in [6.07, 6.45) is 2.87. The number of nitrogens with zero attached hydrogens (tertiary/aromatic N) is 1. The Morgan fingerprint density at radius 2 is 2.10 bits per heavy atom. The first kappa shape index (κ1) is 15.5. The minimum Gasteiger partial charge on any atom is -0.465 e. The second-order valence-electron chi connectivity index (χ2n) is 4.29. The lowest BCUT2D eigenvalue weighted by molar-refractivity contribution is 0.0601. The van der Waals surface area contributed by atoms with Crippen LogP contribution in [0.2, 0.25) is 5.02 Å². The summed E-state index contributed by atoms with van der Waals surface area (Å²) in [7, 11) is 1.31. The van der Waals surface area contributed by atoms with Crippen molar-refractivity contribution in [2.75, 3.05) is 12.4 Å². The lowest BCUT2D eigenvalue weighted by atomic mass is 10.1. The lowest BCUT2D eigenvalue weighted by Crippen LogP contribution is -2.14. The smallest absolute Gasteiger partial charge is 0.341 e. The zero-order valence-corrected chi connectivity index (χ0v) is 13.3. The van der Waals surface area contributed by atoms with Crippen molar-refractivity contribution in [2.24, 2.45) is 0 Å². The molecule has 0 aliphatic carbocycles. The second-order valence-corrected chi connectivity index (χ2v) is 5.92. The number of thiophene rings is 1. The number of aromatic nitrogens is 1. The molecule has 0 fully saturated rings. The number of rotatable bonds is 3. The highest BCUT2D eigenvalue weighted by atomic mass is 35.5. The van der Waals surface area contributed by atoms with E-state index in [1.807, 2.05) is 13.8 Å². The molecule has 0 aromatic carbocycles. The van der Waals surface area contributed by atoms with E-state index in [0.717, 1.165) is 10.4 Å². The number of methoxy groups -OCH3 is 1. The quantitative estimate of drug-likeness (QED) is 0.878. The molecule has 21 heavy (non-hydrogen) atoms. The standard InChI is InChI=1S/C14H13ClN2O3S/c1-7-8(2)21-13(11(7)14(19)20-3)17-12(18)9-4-5-16-6-10(9)15/h4-6H,1-3H3,(H,17,18). The van der Waals surface area contributed by atoms with E-state index >= 15 is 0 Å². The van der Waals surface area contributed by atoms with Gasteiger partial charge < -0.3 is 10.1 Å². The third-order valence-corrected chi connectivity index (χ3v) is 4.44. The highest BCUT2D eigenvalue weighted by molar-refractivity contribution is 7.16. The Morgan fingerprint density at radius 1 is 1.38 bits per heavy atom. The van der Waals surface area contributed by atoms with Gasteiger partial charge in [0.2, 0.25) is 0 Å². The summed E-state index contributed by atoms with van der Waals surface area (Å²) in [5.74, 6) is -0.873. The highest BCUT2D eigenvalue weighted by Gasteiger charge is 2.22. The first-order valence-electron chi connectivity index (χ1n) is 6.04. The van der Waals surface area contributed by atoms with Crippen molar-refractivity contribution in [3.8, 4) is 0 Å². The Morgan fingerprint density at radius 3 is 2.71 bits per heavy atom. The highest BCUT2D eigenvalue weighted by Crippen LogP contribution is 2.33. The zero-order valence-electron chi connectivity index (χ0n) is 11.7. The average Bonchev–Trinajstić information content (AvgIpc) is 2.73. The van der Waals surface area contributed by atoms with Crippen LogP contribution in [0.4, 0.5) is 5.00 Å². The van der Waals surface area contributed by atoms with Crippen molar-refractivity contribution < 1.29 is 14.3 Å². The molecule has 0 spiro atoms. The number of hydrogen-bond acceptors (Lipinski definition) is 5. The summed E-state index contributed by atoms with van der Waals surface area (Å²) < 4.78 is 4.76. The van der Waals surface area contributed by atoms with Crippen molar-refractivity contribution in [3.63, 3.8) is 0 Å². The number of esters is 1. The van der Waals surface area contributed by atoms with E-state index in [9.17, 15) is 9.59 Å². The van der Waals surface area contributed by atoms with Crippen LogP contribution in [-0.2, 0) is 4.74 Å². The van der Waals surface area contributed by atoms with Crippen LogP contribution in [-0.4, -0.2) is 24.0 Å². The van der Waals surface area contributed by atoms with Gasteiger partial charge in [0.15, 0.2) is 0 Å². The van der Waals surface area contributed by atoms with E-state index in [2.05, 4.69) is 10.3 Å². The fourth-order valence-electron chi connectivity index (χ4n) is 1.79. The second kappa shape index (κ2) is 6.24. The molecule has 2 aromatic rings. The number of carbonyl (C=O) groups excluding carboxylic acids is 2. The molecule has 110 valence electrons. The van der Waals surface area contributed by atoms with Crippen molar-refractivity contribution >= 4 is 39.8 Å². The molecule has 0 aliphatic rings. The molecule has 2 heterocycles. The molecule has 1 amide bonds. The third kappa shape index (κ3) is 3.06. The van der Waals surface area contributed by atoms with E-state index in [4.69, 9.17) is 16.3 Å². The molecule has 7 heteroatoms. The van der Waals surface area contributed by atoms with Gasteiger partial charge in [0.1, 0.15) is 5.00 Å². The van der Waals surface area contributed by atoms with Crippen LogP contribution in [0.5, 0.6) is 0 Å². The molecule has 2 aromatic heterocycles. The summed E-state index contributed by atoms with van der Waals surface area (Å²) in [4.78, 5) is 28.9. The summed E-state index contributed by atoms with van der Waals surface area (Å²) in [6.45, 7) is 3.69. The van der Waals surface area contributed by atoms with Gasteiger partial charge >= 0.3 is 5.97 Å². The predicted molar refractivity (Wildman–Crippen MR) is 82.3 cm³/mol. The number of amides is 1. The van der Waals surface area contributed by atoms with Gasteiger partial charge in [0, 0.05) is 17.3 Å². The first-order valence-corrected chi connectivity index (χ1v) is 7.24. The number of aryl methyl sites for hydroxylation is 1. The van der Waals surface area contributed by atoms with E-state index in [1.165, 1.54) is 36.9 Å². The monoisotopic (exact) mass is 324 g/mol. The van der Waals surface area contributed by atoms with Crippen molar-refractivity contribution in [3.05, 3.63) is 45.1 Å². The summed E-state index contributed by atoms with van der Waals surface area (Å²) >= 11 is 7.26. The summed E-state index contributed by atoms with van der Waals surface area (Å²) in [6, 6.07) is 1.52. The fourth-order valence-corrected chi connectivity index (χ4v) is 3.04. The average molecular weight is 325 g/mol. The molecule has 0 aliphatic heterocycles. The van der Waals surface area contributed by atoms with Gasteiger partial charge in [-0.3, -0.25) is 9.78 Å². The van der Waals surface area contributed by atoms with E-state index < -0.39 is 11.9 Å². The van der Waals surface area contributed by atoms with Crippen LogP contribution in [0.1, 0.15) is 31.2 Å². The van der Waals surface area contributed by atoms with Crippen LogP contribution in [0.25, 0.3) is 0 Å². The molecule has 0 bridgehead atoms. The van der Waals surface area contributed by atoms with E-state index in [-0.39, 0.29) is 5.02 Å². The van der Waals surface area contributed by atoms with Crippen molar-refractivity contribution in [1.29, 1.82) is 0 Å². The van der Waals surface area contributed by atoms with Crippen LogP contribution >= 0.6 is 22.9 Å². The Hall–Kier alpha value is -1.92. The van der Waals surface area contributed by atoms with Gasteiger partial charge in [-0.2, -0.15) is 0 Å². The van der Waals surface area contributed by atoms with Gasteiger partial charge in [-0.05, 0) is 25.5 Å². The normalized spacial score (nSPS) is 10.3. The van der Waals surface area contributed by atoms with E-state index in [0.29, 0.717) is 16.1 Å². The van der Waals surface area contributed by atoms with Gasteiger partial charge in [-0.25, -0.2) is 4.79 Å². The fraction of sp³-hybridized carbons (Fsp3) is 0.214. The molecule has 5 nitrogen and oxygen atoms in total. The summed E-state index contributed by atoms with van der Waals surface area (Å²) in [5.41, 5.74) is 1.47. The topological polar surface area (TPSA) is 68.3 Å². The van der Waals surface area contributed by atoms with Gasteiger partial charge in [-0.15, -0.1) is 11.3 Å². The molecule has 0 radical (unpaired) electrons. The number of hydrogen-bond donors (Lipinski definition) is 1. The van der Waals surface area contributed by atoms with Crippen molar-refractivity contribution in [2.45, 2.75) is 13.8 Å². The number of carbonyl (C=O) groups is 2. The Bertz CT molecular complexity index is 712. The molecule has 0 unspecified atom stereocenters. The SMILES string of the molecule is COC(=O)c1c(NC(=O)c2ccncc2Cl)sc(C)c1C. The summed E-state index contributed by atoms with van der Waals surface area (Å²) in [5, 5.41) is 3.41. The first-order chi connectivity index (χ1) is 9.95.